The summed E-state index contributed by atoms with van der Waals surface area (Å²) in [6.45, 7) is 2.37. The lowest BCUT2D eigenvalue weighted by molar-refractivity contribution is 0.602. The van der Waals surface area contributed by atoms with Crippen LogP contribution in [0.5, 0.6) is 0 Å². The summed E-state index contributed by atoms with van der Waals surface area (Å²) in [7, 11) is 7.12. The summed E-state index contributed by atoms with van der Waals surface area (Å²) >= 11 is 0. The molecule has 0 N–H and O–H groups in total. The van der Waals surface area contributed by atoms with Gasteiger partial charge in [0.15, 0.2) is 0 Å². The highest BCUT2D eigenvalue weighted by atomic mass is 32.6. The van der Waals surface area contributed by atoms with Gasteiger partial charge in [-0.3, -0.25) is 4.98 Å². The van der Waals surface area contributed by atoms with Gasteiger partial charge in [0.2, 0.25) is 0 Å². The van der Waals surface area contributed by atoms with Gasteiger partial charge in [0.1, 0.15) is 0 Å². The summed E-state index contributed by atoms with van der Waals surface area (Å²) in [5.74, 6) is 0.694. The van der Waals surface area contributed by atoms with E-state index in [2.05, 4.69) is 42.0 Å². The molecular formula is C10H17NP4. The fourth-order valence-electron chi connectivity index (χ4n) is 2.31. The van der Waals surface area contributed by atoms with Crippen molar-refractivity contribution < 1.29 is 0 Å². The van der Waals surface area contributed by atoms with Gasteiger partial charge in [-0.05, 0) is 41.6 Å². The summed E-state index contributed by atoms with van der Waals surface area (Å²) in [6.07, 6.45) is 6.60. The number of rotatable bonds is 2. The molecule has 1 aromatic rings. The van der Waals surface area contributed by atoms with Crippen LogP contribution in [-0.4, -0.2) is 10.6 Å². The highest BCUT2D eigenvalue weighted by Gasteiger charge is 2.29. The summed E-state index contributed by atoms with van der Waals surface area (Å²) in [5.41, 5.74) is 3.89. The van der Waals surface area contributed by atoms with Crippen molar-refractivity contribution >= 4 is 33.1 Å². The van der Waals surface area contributed by atoms with Crippen molar-refractivity contribution in [3.05, 3.63) is 29.6 Å². The van der Waals surface area contributed by atoms with Crippen LogP contribution in [0.4, 0.5) is 0 Å². The highest BCUT2D eigenvalue weighted by Crippen LogP contribution is 2.72. The van der Waals surface area contributed by atoms with Crippen molar-refractivity contribution in [3.8, 4) is 0 Å². The van der Waals surface area contributed by atoms with E-state index in [-0.39, 0.29) is 7.30 Å². The smallest absolute Gasteiger partial charge is 0.0305 e. The summed E-state index contributed by atoms with van der Waals surface area (Å²) in [6, 6.07) is 2.19. The molecule has 0 amide bonds. The minimum absolute atomic E-state index is 0.119. The van der Waals surface area contributed by atoms with Gasteiger partial charge in [0.05, 0.1) is 0 Å². The molecule has 2 rings (SSSR count). The summed E-state index contributed by atoms with van der Waals surface area (Å²) in [4.78, 5) is 4.27. The van der Waals surface area contributed by atoms with Crippen molar-refractivity contribution in [2.75, 3.05) is 0 Å². The Morgan fingerprint density at radius 1 is 1.60 bits per heavy atom. The molecule has 5 heteroatoms. The van der Waals surface area contributed by atoms with E-state index in [0.717, 1.165) is 13.6 Å². The fourth-order valence-corrected chi connectivity index (χ4v) is 8.13. The van der Waals surface area contributed by atoms with E-state index in [0.29, 0.717) is 5.92 Å². The molecule has 6 atom stereocenters. The second kappa shape index (κ2) is 5.47. The first-order valence-corrected chi connectivity index (χ1v) is 11.8. The zero-order valence-electron chi connectivity index (χ0n) is 8.85. The summed E-state index contributed by atoms with van der Waals surface area (Å²) in [5, 5.41) is 0. The third-order valence-electron chi connectivity index (χ3n) is 3.23. The highest BCUT2D eigenvalue weighted by molar-refractivity contribution is 8.61. The summed E-state index contributed by atoms with van der Waals surface area (Å²) < 4.78 is 0. The molecule has 0 saturated carbocycles. The van der Waals surface area contributed by atoms with Crippen LogP contribution >= 0.6 is 33.1 Å². The molecule has 0 radical (unpaired) electrons. The minimum atomic E-state index is 0.119. The van der Waals surface area contributed by atoms with E-state index >= 15 is 0 Å². The van der Waals surface area contributed by atoms with E-state index in [9.17, 15) is 0 Å². The average Bonchev–Trinajstić information content (AvgIpc) is 2.29. The molecule has 1 heterocycles. The number of aromatic nitrogens is 1. The Hall–Kier alpha value is 0.870. The van der Waals surface area contributed by atoms with Gasteiger partial charge in [0, 0.05) is 12.4 Å². The fraction of sp³-hybridized carbons (Fsp3) is 0.500. The molecule has 0 spiro atoms. The SMILES string of the molecule is C[C@H]1c2cnccc2CC[C@@H]1P(P)PP. The molecule has 1 aliphatic rings. The number of hydrogen-bond acceptors (Lipinski definition) is 1. The zero-order chi connectivity index (χ0) is 10.8. The van der Waals surface area contributed by atoms with E-state index in [4.69, 9.17) is 0 Å². The Bertz CT molecular complexity index is 344. The molecular weight excluding hydrogens is 258 g/mol. The quantitative estimate of drug-likeness (QED) is 0.739. The molecule has 4 unspecified atom stereocenters. The van der Waals surface area contributed by atoms with Crippen LogP contribution in [0.3, 0.4) is 0 Å². The van der Waals surface area contributed by atoms with Crippen molar-refractivity contribution in [3.63, 3.8) is 0 Å². The van der Waals surface area contributed by atoms with Crippen molar-refractivity contribution in [1.82, 2.24) is 4.98 Å². The van der Waals surface area contributed by atoms with Crippen LogP contribution in [0.2, 0.25) is 0 Å². The van der Waals surface area contributed by atoms with Crippen LogP contribution in [0.25, 0.3) is 0 Å². The molecule has 1 nitrogen and oxygen atoms in total. The minimum Gasteiger partial charge on any atom is -0.264 e. The molecule has 0 aromatic carbocycles. The second-order valence-electron chi connectivity index (χ2n) is 4.01. The van der Waals surface area contributed by atoms with Gasteiger partial charge < -0.3 is 0 Å². The first-order valence-electron chi connectivity index (χ1n) is 5.17. The Labute approximate surface area is 99.2 Å². The molecule has 82 valence electrons. The maximum absolute atomic E-state index is 4.27. The van der Waals surface area contributed by atoms with Crippen LogP contribution < -0.4 is 0 Å². The average molecular weight is 275 g/mol. The van der Waals surface area contributed by atoms with Crippen LogP contribution in [0, 0.1) is 0 Å². The number of nitrogens with zero attached hydrogens (tertiary/aromatic N) is 1. The third-order valence-corrected chi connectivity index (χ3v) is 14.7. The lowest BCUT2D eigenvalue weighted by Gasteiger charge is -2.34. The van der Waals surface area contributed by atoms with E-state index < -0.39 is 0 Å². The normalized spacial score (nSPS) is 27.9. The Morgan fingerprint density at radius 2 is 2.40 bits per heavy atom. The van der Waals surface area contributed by atoms with E-state index in [1.165, 1.54) is 24.0 Å². The standard InChI is InChI=1S/C10H17NP4/c1-7-9-6-11-5-4-8(9)2-3-10(7)15(13)14-12/h4-7,10,14H,2-3,12-13H2,1H3/t7-,10-,15?/m0/s1. The number of pyridine rings is 1. The van der Waals surface area contributed by atoms with Crippen LogP contribution in [0.15, 0.2) is 18.5 Å². The van der Waals surface area contributed by atoms with Crippen molar-refractivity contribution in [1.29, 1.82) is 0 Å². The predicted octanol–water partition coefficient (Wildman–Crippen LogP) is 4.16. The maximum Gasteiger partial charge on any atom is 0.0305 e. The molecule has 1 aromatic heterocycles. The first kappa shape index (κ1) is 12.3. The van der Waals surface area contributed by atoms with Gasteiger partial charge in [-0.2, -0.15) is 0 Å². The molecule has 0 fully saturated rings. The van der Waals surface area contributed by atoms with Gasteiger partial charge in [0.25, 0.3) is 0 Å². The lowest BCUT2D eigenvalue weighted by atomic mass is 9.85. The molecule has 0 saturated heterocycles. The lowest BCUT2D eigenvalue weighted by Crippen LogP contribution is -2.20. The Balaban J connectivity index is 2.25. The van der Waals surface area contributed by atoms with Gasteiger partial charge >= 0.3 is 0 Å². The monoisotopic (exact) mass is 275 g/mol. The van der Waals surface area contributed by atoms with Gasteiger partial charge in [-0.25, -0.2) is 0 Å². The first-order chi connectivity index (χ1) is 7.24. The molecule has 15 heavy (non-hydrogen) atoms. The van der Waals surface area contributed by atoms with E-state index in [1.54, 1.807) is 0 Å². The van der Waals surface area contributed by atoms with Crippen LogP contribution in [-0.2, 0) is 6.42 Å². The molecule has 1 aliphatic carbocycles. The Morgan fingerprint density at radius 3 is 3.13 bits per heavy atom. The second-order valence-corrected chi connectivity index (χ2v) is 13.6. The molecule has 0 aliphatic heterocycles. The Kier molecular flexibility index (Phi) is 4.50. The van der Waals surface area contributed by atoms with Crippen molar-refractivity contribution in [2.45, 2.75) is 31.3 Å². The van der Waals surface area contributed by atoms with Gasteiger partial charge in [-0.1, -0.05) is 22.2 Å². The number of aryl methyl sites for hydroxylation is 1. The molecule has 0 bridgehead atoms. The maximum atomic E-state index is 4.27. The number of hydrogen-bond donors (Lipinski definition) is 0. The van der Waals surface area contributed by atoms with Gasteiger partial charge in [-0.15, -0.1) is 17.9 Å². The third kappa shape index (κ3) is 2.58. The van der Waals surface area contributed by atoms with Crippen LogP contribution in [0.1, 0.15) is 30.4 Å². The largest absolute Gasteiger partial charge is 0.264 e. The predicted molar refractivity (Wildman–Crippen MR) is 79.4 cm³/mol. The van der Waals surface area contributed by atoms with Crippen molar-refractivity contribution in [2.24, 2.45) is 0 Å². The van der Waals surface area contributed by atoms with E-state index in [1.807, 2.05) is 6.20 Å². The zero-order valence-corrected chi connectivity index (χ0v) is 13.1. The topological polar surface area (TPSA) is 12.9 Å². The number of fused-ring (bicyclic) bond motifs is 1.